The summed E-state index contributed by atoms with van der Waals surface area (Å²) in [5, 5.41) is 4.27. The average Bonchev–Trinajstić information content (AvgIpc) is 2.85. The van der Waals surface area contributed by atoms with Gasteiger partial charge in [0.15, 0.2) is 0 Å². The fraction of sp³-hybridized carbons (Fsp3) is 0.222. The van der Waals surface area contributed by atoms with Gasteiger partial charge in [-0.15, -0.1) is 6.42 Å². The summed E-state index contributed by atoms with van der Waals surface area (Å²) >= 11 is 6.38. The number of nitrogens with one attached hydrogen (secondary N) is 1. The molecule has 7 nitrogen and oxygen atoms in total. The van der Waals surface area contributed by atoms with Gasteiger partial charge in [0.2, 0.25) is 5.95 Å². The first-order valence-electron chi connectivity index (χ1n) is 11.1. The molecule has 0 aliphatic heterocycles. The minimum absolute atomic E-state index is 0.270. The Bertz CT molecular complexity index is 1470. The van der Waals surface area contributed by atoms with Crippen LogP contribution in [0.25, 0.3) is 22.2 Å². The highest BCUT2D eigenvalue weighted by molar-refractivity contribution is 6.33. The topological polar surface area (TPSA) is 66.3 Å². The Morgan fingerprint density at radius 3 is 2.46 bits per heavy atom. The van der Waals surface area contributed by atoms with Crippen LogP contribution in [0.5, 0.6) is 0 Å². The number of aryl methyl sites for hydroxylation is 1. The quantitative estimate of drug-likeness (QED) is 0.391. The van der Waals surface area contributed by atoms with E-state index >= 15 is 0 Å². The van der Waals surface area contributed by atoms with Crippen LogP contribution in [-0.4, -0.2) is 53.7 Å². The molecular formula is C27H27ClN6O. The van der Waals surface area contributed by atoms with E-state index in [1.165, 1.54) is 4.57 Å². The van der Waals surface area contributed by atoms with Crippen LogP contribution >= 0.6 is 11.6 Å². The standard InChI is InChI=1S/C27H27ClN6O/c1-6-20-22-17-29-27(30-18-11-13-19(14-12-18)33(4)16-15-32(2)3)31-25(22)34(5)26(35)24(20)21-9-7-8-10-23(21)28/h1,7-14,17H,15-16H2,2-5H3,(H,29,30,31). The number of hydrogen-bond donors (Lipinski definition) is 1. The van der Waals surface area contributed by atoms with Crippen LogP contribution in [0.2, 0.25) is 5.02 Å². The molecule has 0 atom stereocenters. The second-order valence-electron chi connectivity index (χ2n) is 8.57. The van der Waals surface area contributed by atoms with Crippen molar-refractivity contribution in [1.29, 1.82) is 0 Å². The summed E-state index contributed by atoms with van der Waals surface area (Å²) in [7, 11) is 7.86. The molecule has 2 aromatic carbocycles. The molecule has 178 valence electrons. The fourth-order valence-electron chi connectivity index (χ4n) is 3.84. The fourth-order valence-corrected chi connectivity index (χ4v) is 4.07. The van der Waals surface area contributed by atoms with Crippen molar-refractivity contribution in [2.24, 2.45) is 7.05 Å². The molecule has 0 spiro atoms. The Kier molecular flexibility index (Phi) is 7.06. The second kappa shape index (κ2) is 10.2. The SMILES string of the molecule is C#Cc1c(-c2ccccc2Cl)c(=O)n(C)c2nc(Nc3ccc(N(C)CCN(C)C)cc3)ncc12. The van der Waals surface area contributed by atoms with Gasteiger partial charge in [0.25, 0.3) is 5.56 Å². The monoisotopic (exact) mass is 486 g/mol. The number of rotatable bonds is 7. The summed E-state index contributed by atoms with van der Waals surface area (Å²) in [4.78, 5) is 26.7. The highest BCUT2D eigenvalue weighted by Gasteiger charge is 2.19. The van der Waals surface area contributed by atoms with E-state index in [0.717, 1.165) is 24.5 Å². The van der Waals surface area contributed by atoms with Crippen LogP contribution in [0, 0.1) is 12.3 Å². The number of nitrogens with zero attached hydrogens (tertiary/aromatic N) is 5. The summed E-state index contributed by atoms with van der Waals surface area (Å²) < 4.78 is 1.48. The van der Waals surface area contributed by atoms with Crippen molar-refractivity contribution >= 4 is 40.0 Å². The molecular weight excluding hydrogens is 460 g/mol. The van der Waals surface area contributed by atoms with E-state index in [4.69, 9.17) is 18.0 Å². The van der Waals surface area contributed by atoms with E-state index in [9.17, 15) is 4.79 Å². The molecule has 0 fully saturated rings. The minimum Gasteiger partial charge on any atom is -0.373 e. The van der Waals surface area contributed by atoms with E-state index in [-0.39, 0.29) is 5.56 Å². The van der Waals surface area contributed by atoms with Crippen molar-refractivity contribution in [2.45, 2.75) is 0 Å². The lowest BCUT2D eigenvalue weighted by Crippen LogP contribution is -2.28. The molecule has 35 heavy (non-hydrogen) atoms. The van der Waals surface area contributed by atoms with Gasteiger partial charge in [0.1, 0.15) is 5.65 Å². The molecule has 2 heterocycles. The molecule has 0 aliphatic rings. The smallest absolute Gasteiger partial charge is 0.261 e. The lowest BCUT2D eigenvalue weighted by Gasteiger charge is -2.21. The molecule has 4 aromatic rings. The van der Waals surface area contributed by atoms with Crippen molar-refractivity contribution in [3.63, 3.8) is 0 Å². The number of terminal acetylenes is 1. The maximum absolute atomic E-state index is 13.3. The number of hydrogen-bond acceptors (Lipinski definition) is 6. The number of fused-ring (bicyclic) bond motifs is 1. The number of benzene rings is 2. The number of pyridine rings is 1. The molecule has 0 unspecified atom stereocenters. The summed E-state index contributed by atoms with van der Waals surface area (Å²) in [5.74, 6) is 3.03. The molecule has 1 N–H and O–H groups in total. The second-order valence-corrected chi connectivity index (χ2v) is 8.97. The van der Waals surface area contributed by atoms with Crippen molar-refractivity contribution in [3.05, 3.63) is 75.7 Å². The predicted octanol–water partition coefficient (Wildman–Crippen LogP) is 4.37. The lowest BCUT2D eigenvalue weighted by atomic mass is 9.99. The third kappa shape index (κ3) is 4.99. The average molecular weight is 487 g/mol. The number of halogens is 1. The van der Waals surface area contributed by atoms with E-state index in [0.29, 0.717) is 38.7 Å². The van der Waals surface area contributed by atoms with Crippen LogP contribution in [-0.2, 0) is 7.05 Å². The Morgan fingerprint density at radius 2 is 1.80 bits per heavy atom. The maximum atomic E-state index is 13.3. The molecule has 0 saturated carbocycles. The predicted molar refractivity (Wildman–Crippen MR) is 145 cm³/mol. The molecule has 4 rings (SSSR count). The van der Waals surface area contributed by atoms with E-state index < -0.39 is 0 Å². The molecule has 8 heteroatoms. The van der Waals surface area contributed by atoms with Crippen molar-refractivity contribution in [2.75, 3.05) is 44.4 Å². The van der Waals surface area contributed by atoms with Gasteiger partial charge in [-0.25, -0.2) is 4.98 Å². The van der Waals surface area contributed by atoms with Gasteiger partial charge in [-0.3, -0.25) is 9.36 Å². The maximum Gasteiger partial charge on any atom is 0.261 e. The number of aromatic nitrogens is 3. The number of likely N-dealkylation sites (N-methyl/N-ethyl adjacent to an activating group) is 2. The molecule has 2 aromatic heterocycles. The van der Waals surface area contributed by atoms with E-state index in [1.807, 2.05) is 36.4 Å². The minimum atomic E-state index is -0.270. The normalized spacial score (nSPS) is 11.0. The van der Waals surface area contributed by atoms with E-state index in [1.54, 1.807) is 25.4 Å². The van der Waals surface area contributed by atoms with Crippen LogP contribution in [0.3, 0.4) is 0 Å². The molecule has 0 saturated heterocycles. The van der Waals surface area contributed by atoms with Gasteiger partial charge in [-0.1, -0.05) is 35.7 Å². The van der Waals surface area contributed by atoms with Gasteiger partial charge in [0.05, 0.1) is 16.5 Å². The van der Waals surface area contributed by atoms with Crippen molar-refractivity contribution < 1.29 is 0 Å². The van der Waals surface area contributed by atoms with Crippen LogP contribution in [0.1, 0.15) is 5.56 Å². The van der Waals surface area contributed by atoms with Gasteiger partial charge in [-0.05, 0) is 44.4 Å². The molecule has 0 aliphatic carbocycles. The molecule has 0 amide bonds. The van der Waals surface area contributed by atoms with E-state index in [2.05, 4.69) is 52.1 Å². The Hall–Kier alpha value is -3.86. The largest absolute Gasteiger partial charge is 0.373 e. The summed E-state index contributed by atoms with van der Waals surface area (Å²) in [6.07, 6.45) is 7.48. The summed E-state index contributed by atoms with van der Waals surface area (Å²) in [6, 6.07) is 15.2. The van der Waals surface area contributed by atoms with Crippen LogP contribution in [0.15, 0.2) is 59.5 Å². The molecule has 0 bridgehead atoms. The Labute approximate surface area is 210 Å². The first kappa shape index (κ1) is 24.3. The van der Waals surface area contributed by atoms with Crippen LogP contribution < -0.4 is 15.8 Å². The molecule has 0 radical (unpaired) electrons. The third-order valence-electron chi connectivity index (χ3n) is 5.86. The Balaban J connectivity index is 1.68. The zero-order chi connectivity index (χ0) is 25.1. The summed E-state index contributed by atoms with van der Waals surface area (Å²) in [5.41, 5.74) is 3.50. The lowest BCUT2D eigenvalue weighted by molar-refractivity contribution is 0.416. The van der Waals surface area contributed by atoms with Gasteiger partial charge < -0.3 is 15.1 Å². The first-order chi connectivity index (χ1) is 16.8. The zero-order valence-electron chi connectivity index (χ0n) is 20.2. The number of anilines is 3. The van der Waals surface area contributed by atoms with Gasteiger partial charge in [0, 0.05) is 55.3 Å². The Morgan fingerprint density at radius 1 is 1.09 bits per heavy atom. The summed E-state index contributed by atoms with van der Waals surface area (Å²) in [6.45, 7) is 1.90. The van der Waals surface area contributed by atoms with Crippen molar-refractivity contribution in [1.82, 2.24) is 19.4 Å². The highest BCUT2D eigenvalue weighted by atomic mass is 35.5. The van der Waals surface area contributed by atoms with Crippen LogP contribution in [0.4, 0.5) is 17.3 Å². The van der Waals surface area contributed by atoms with Crippen molar-refractivity contribution in [3.8, 4) is 23.5 Å². The van der Waals surface area contributed by atoms with Gasteiger partial charge in [-0.2, -0.15) is 4.98 Å². The highest BCUT2D eigenvalue weighted by Crippen LogP contribution is 2.31. The van der Waals surface area contributed by atoms with Gasteiger partial charge >= 0.3 is 0 Å². The zero-order valence-corrected chi connectivity index (χ0v) is 21.0. The third-order valence-corrected chi connectivity index (χ3v) is 6.19. The first-order valence-corrected chi connectivity index (χ1v) is 11.5.